The number of nitrogens with zero attached hydrogens (tertiary/aromatic N) is 1. The molecule has 0 amide bonds. The lowest BCUT2D eigenvalue weighted by Crippen LogP contribution is -2.23. The van der Waals surface area contributed by atoms with Crippen molar-refractivity contribution in [3.8, 4) is 5.75 Å². The summed E-state index contributed by atoms with van der Waals surface area (Å²) in [6.07, 6.45) is 0. The van der Waals surface area contributed by atoms with Gasteiger partial charge in [0.2, 0.25) is 10.0 Å². The second-order valence-corrected chi connectivity index (χ2v) is 7.12. The van der Waals surface area contributed by atoms with Crippen LogP contribution in [0.25, 0.3) is 0 Å². The minimum absolute atomic E-state index is 0.0941. The molecule has 0 saturated carbocycles. The van der Waals surface area contributed by atoms with Crippen LogP contribution in [0.4, 0.5) is 0 Å². The molecule has 20 heavy (non-hydrogen) atoms. The summed E-state index contributed by atoms with van der Waals surface area (Å²) in [7, 11) is -2.15. The molecule has 5 nitrogen and oxygen atoms in total. The van der Waals surface area contributed by atoms with Crippen LogP contribution in [-0.2, 0) is 16.6 Å². The number of rotatable bonds is 5. The largest absolute Gasteiger partial charge is 0.495 e. The average Bonchev–Trinajstić information content (AvgIpc) is 2.82. The Morgan fingerprint density at radius 1 is 1.45 bits per heavy atom. The van der Waals surface area contributed by atoms with Gasteiger partial charge in [-0.3, -0.25) is 0 Å². The van der Waals surface area contributed by atoms with Gasteiger partial charge in [0.25, 0.3) is 0 Å². The first-order chi connectivity index (χ1) is 9.42. The van der Waals surface area contributed by atoms with Crippen LogP contribution in [0.2, 0.25) is 5.02 Å². The quantitative estimate of drug-likeness (QED) is 0.913. The lowest BCUT2D eigenvalue weighted by atomic mass is 10.3. The normalized spacial score (nSPS) is 11.6. The highest BCUT2D eigenvalue weighted by molar-refractivity contribution is 7.89. The van der Waals surface area contributed by atoms with Crippen LogP contribution in [0.3, 0.4) is 0 Å². The number of thiazole rings is 1. The molecule has 1 aromatic carbocycles. The Hall–Kier alpha value is -1.15. The Labute approximate surface area is 126 Å². The smallest absolute Gasteiger partial charge is 0.241 e. The summed E-state index contributed by atoms with van der Waals surface area (Å²) in [5.74, 6) is 0.432. The Kier molecular flexibility index (Phi) is 4.64. The third-order valence-electron chi connectivity index (χ3n) is 2.51. The van der Waals surface area contributed by atoms with Crippen LogP contribution in [0.5, 0.6) is 5.75 Å². The molecule has 0 aliphatic heterocycles. The molecule has 0 saturated heterocycles. The first-order valence-electron chi connectivity index (χ1n) is 5.66. The van der Waals surface area contributed by atoms with Crippen LogP contribution in [0.15, 0.2) is 28.5 Å². The molecule has 1 N–H and O–H groups in total. The van der Waals surface area contributed by atoms with E-state index in [0.717, 1.165) is 5.69 Å². The summed E-state index contributed by atoms with van der Waals surface area (Å²) in [6, 6.07) is 4.32. The predicted molar refractivity (Wildman–Crippen MR) is 78.9 cm³/mol. The Morgan fingerprint density at radius 3 is 2.75 bits per heavy atom. The molecule has 0 aliphatic rings. The van der Waals surface area contributed by atoms with Gasteiger partial charge in [-0.1, -0.05) is 11.6 Å². The number of hydrogen-bond acceptors (Lipinski definition) is 5. The maximum Gasteiger partial charge on any atom is 0.241 e. The number of ether oxygens (including phenoxy) is 1. The third-order valence-corrected chi connectivity index (χ3v) is 5.17. The molecule has 2 aromatic rings. The topological polar surface area (TPSA) is 68.3 Å². The Morgan fingerprint density at radius 2 is 2.20 bits per heavy atom. The van der Waals surface area contributed by atoms with E-state index >= 15 is 0 Å². The van der Waals surface area contributed by atoms with E-state index in [0.29, 0.717) is 10.8 Å². The molecule has 8 heteroatoms. The number of sulfonamides is 1. The van der Waals surface area contributed by atoms with Gasteiger partial charge in [-0.25, -0.2) is 18.1 Å². The van der Waals surface area contributed by atoms with Crippen LogP contribution in [-0.4, -0.2) is 20.5 Å². The number of methoxy groups -OCH3 is 1. The van der Waals surface area contributed by atoms with Crippen molar-refractivity contribution in [2.24, 2.45) is 0 Å². The summed E-state index contributed by atoms with van der Waals surface area (Å²) in [5.41, 5.74) is 0.872. The number of halogens is 1. The van der Waals surface area contributed by atoms with E-state index in [1.807, 2.05) is 12.3 Å². The molecule has 0 atom stereocenters. The van der Waals surface area contributed by atoms with E-state index in [9.17, 15) is 8.42 Å². The highest BCUT2D eigenvalue weighted by atomic mass is 35.5. The first-order valence-corrected chi connectivity index (χ1v) is 8.40. The molecule has 0 aliphatic carbocycles. The summed E-state index contributed by atoms with van der Waals surface area (Å²) in [5, 5.41) is 2.83. The fourth-order valence-corrected chi connectivity index (χ4v) is 3.68. The molecule has 1 heterocycles. The lowest BCUT2D eigenvalue weighted by Gasteiger charge is -2.08. The number of benzene rings is 1. The number of aryl methyl sites for hydroxylation is 1. The molecular weight excluding hydrogens is 320 g/mol. The second-order valence-electron chi connectivity index (χ2n) is 4.00. The zero-order valence-electron chi connectivity index (χ0n) is 10.9. The van der Waals surface area contributed by atoms with Gasteiger partial charge in [0.05, 0.1) is 23.6 Å². The molecule has 0 spiro atoms. The fourth-order valence-electron chi connectivity index (χ4n) is 1.54. The van der Waals surface area contributed by atoms with Gasteiger partial charge in [0.1, 0.15) is 10.8 Å². The number of aromatic nitrogens is 1. The highest BCUT2D eigenvalue weighted by Gasteiger charge is 2.16. The minimum atomic E-state index is -3.62. The second kappa shape index (κ2) is 6.09. The zero-order chi connectivity index (χ0) is 14.8. The standard InChI is InChI=1S/C12H13ClN2O3S2/c1-8-7-19-12(15-8)6-14-20(16,17)9-3-4-11(18-2)10(13)5-9/h3-5,7,14H,6H2,1-2H3. The van der Waals surface area contributed by atoms with Crippen molar-refractivity contribution < 1.29 is 13.2 Å². The Bertz CT molecular complexity index is 713. The molecule has 0 bridgehead atoms. The monoisotopic (exact) mass is 332 g/mol. The van der Waals surface area contributed by atoms with E-state index in [2.05, 4.69) is 9.71 Å². The van der Waals surface area contributed by atoms with E-state index < -0.39 is 10.0 Å². The first kappa shape index (κ1) is 15.2. The van der Waals surface area contributed by atoms with Crippen LogP contribution < -0.4 is 9.46 Å². The van der Waals surface area contributed by atoms with E-state index in [-0.39, 0.29) is 16.5 Å². The minimum Gasteiger partial charge on any atom is -0.495 e. The van der Waals surface area contributed by atoms with Crippen molar-refractivity contribution in [3.05, 3.63) is 39.3 Å². The predicted octanol–water partition coefficient (Wildman–Crippen LogP) is 2.59. The van der Waals surface area contributed by atoms with Gasteiger partial charge >= 0.3 is 0 Å². The van der Waals surface area contributed by atoms with Gasteiger partial charge in [-0.15, -0.1) is 11.3 Å². The van der Waals surface area contributed by atoms with E-state index in [1.54, 1.807) is 0 Å². The van der Waals surface area contributed by atoms with Crippen molar-refractivity contribution in [3.63, 3.8) is 0 Å². The van der Waals surface area contributed by atoms with Crippen LogP contribution >= 0.6 is 22.9 Å². The summed E-state index contributed by atoms with van der Waals surface area (Å²) >= 11 is 7.34. The van der Waals surface area contributed by atoms with E-state index in [1.165, 1.54) is 36.6 Å². The van der Waals surface area contributed by atoms with Crippen molar-refractivity contribution in [2.75, 3.05) is 7.11 Å². The Balaban J connectivity index is 2.15. The zero-order valence-corrected chi connectivity index (χ0v) is 13.3. The third kappa shape index (κ3) is 3.49. The van der Waals surface area contributed by atoms with Crippen molar-refractivity contribution in [2.45, 2.75) is 18.4 Å². The fraction of sp³-hybridized carbons (Fsp3) is 0.250. The van der Waals surface area contributed by atoms with E-state index in [4.69, 9.17) is 16.3 Å². The van der Waals surface area contributed by atoms with Crippen molar-refractivity contribution in [1.82, 2.24) is 9.71 Å². The van der Waals surface area contributed by atoms with Gasteiger partial charge < -0.3 is 4.74 Å². The number of nitrogens with one attached hydrogen (secondary N) is 1. The van der Waals surface area contributed by atoms with Crippen molar-refractivity contribution >= 4 is 33.0 Å². The van der Waals surface area contributed by atoms with Gasteiger partial charge in [-0.05, 0) is 25.1 Å². The van der Waals surface area contributed by atoms with Crippen molar-refractivity contribution in [1.29, 1.82) is 0 Å². The SMILES string of the molecule is COc1ccc(S(=O)(=O)NCc2nc(C)cs2)cc1Cl. The maximum atomic E-state index is 12.1. The highest BCUT2D eigenvalue weighted by Crippen LogP contribution is 2.26. The molecule has 108 valence electrons. The molecule has 0 fully saturated rings. The molecule has 0 radical (unpaired) electrons. The van der Waals surface area contributed by atoms with Gasteiger partial charge in [-0.2, -0.15) is 0 Å². The number of hydrogen-bond donors (Lipinski definition) is 1. The molecule has 0 unspecified atom stereocenters. The molecule has 2 rings (SSSR count). The lowest BCUT2D eigenvalue weighted by molar-refractivity contribution is 0.414. The summed E-state index contributed by atoms with van der Waals surface area (Å²) in [4.78, 5) is 4.29. The van der Waals surface area contributed by atoms with Crippen LogP contribution in [0, 0.1) is 6.92 Å². The maximum absolute atomic E-state index is 12.1. The van der Waals surface area contributed by atoms with Gasteiger partial charge in [0, 0.05) is 11.1 Å². The van der Waals surface area contributed by atoms with Gasteiger partial charge in [0.15, 0.2) is 0 Å². The molecule has 1 aromatic heterocycles. The molecular formula is C12H13ClN2O3S2. The summed E-state index contributed by atoms with van der Waals surface area (Å²) < 4.78 is 31.7. The van der Waals surface area contributed by atoms with Crippen LogP contribution in [0.1, 0.15) is 10.7 Å². The average molecular weight is 333 g/mol. The summed E-state index contributed by atoms with van der Waals surface area (Å²) in [6.45, 7) is 2.02.